The molecular weight excluding hydrogens is 251 g/mol. The number of methoxy groups -OCH3 is 1. The van der Waals surface area contributed by atoms with E-state index in [-0.39, 0.29) is 0 Å². The molecule has 5 heteroatoms. The molecule has 0 aromatic heterocycles. The highest BCUT2D eigenvalue weighted by molar-refractivity contribution is 6.37. The highest BCUT2D eigenvalue weighted by Gasteiger charge is 2.14. The average molecular weight is 263 g/mol. The maximum absolute atomic E-state index is 11.3. The molecule has 0 heterocycles. The van der Waals surface area contributed by atoms with E-state index in [0.29, 0.717) is 28.0 Å². The Bertz CT molecular complexity index is 368. The fraction of sp³-hybridized carbons (Fsp3) is 0.364. The van der Waals surface area contributed by atoms with Crippen molar-refractivity contribution >= 4 is 29.2 Å². The van der Waals surface area contributed by atoms with Crippen molar-refractivity contribution < 1.29 is 14.3 Å². The topological polar surface area (TPSA) is 35.5 Å². The van der Waals surface area contributed by atoms with Crippen molar-refractivity contribution in [3.8, 4) is 5.75 Å². The van der Waals surface area contributed by atoms with Gasteiger partial charge in [-0.15, -0.1) is 0 Å². The standard InChI is InChI=1S/C11H12Cl2O3/c1-3-4-16-10-8(12)5-7(6-9(10)13)11(14)15-2/h5-6H,3-4H2,1-2H3. The number of carbonyl (C=O) groups excluding carboxylic acids is 1. The van der Waals surface area contributed by atoms with Gasteiger partial charge in [-0.1, -0.05) is 30.1 Å². The van der Waals surface area contributed by atoms with Crippen LogP contribution < -0.4 is 4.74 Å². The van der Waals surface area contributed by atoms with Gasteiger partial charge in [0.05, 0.1) is 29.3 Å². The number of hydrogen-bond donors (Lipinski definition) is 0. The van der Waals surface area contributed by atoms with Gasteiger partial charge in [0.15, 0.2) is 5.75 Å². The van der Waals surface area contributed by atoms with Crippen LogP contribution in [0.3, 0.4) is 0 Å². The number of benzene rings is 1. The zero-order chi connectivity index (χ0) is 12.1. The lowest BCUT2D eigenvalue weighted by Crippen LogP contribution is -2.03. The van der Waals surface area contributed by atoms with Crippen LogP contribution in [0, 0.1) is 0 Å². The van der Waals surface area contributed by atoms with Gasteiger partial charge in [-0.05, 0) is 18.6 Å². The van der Waals surface area contributed by atoms with E-state index < -0.39 is 5.97 Å². The van der Waals surface area contributed by atoms with Gasteiger partial charge in [0.1, 0.15) is 0 Å². The molecule has 3 nitrogen and oxygen atoms in total. The molecule has 0 spiro atoms. The molecular formula is C11H12Cl2O3. The molecule has 0 atom stereocenters. The summed E-state index contributed by atoms with van der Waals surface area (Å²) in [4.78, 5) is 11.3. The van der Waals surface area contributed by atoms with Crippen molar-refractivity contribution in [2.24, 2.45) is 0 Å². The second-order valence-electron chi connectivity index (χ2n) is 3.11. The van der Waals surface area contributed by atoms with Crippen LogP contribution in [-0.4, -0.2) is 19.7 Å². The van der Waals surface area contributed by atoms with Gasteiger partial charge in [-0.3, -0.25) is 0 Å². The van der Waals surface area contributed by atoms with Crippen molar-refractivity contribution in [2.75, 3.05) is 13.7 Å². The molecule has 0 fully saturated rings. The Hall–Kier alpha value is -0.930. The van der Waals surface area contributed by atoms with Gasteiger partial charge >= 0.3 is 5.97 Å². The number of ether oxygens (including phenoxy) is 2. The zero-order valence-corrected chi connectivity index (χ0v) is 10.6. The van der Waals surface area contributed by atoms with Crippen molar-refractivity contribution in [3.05, 3.63) is 27.7 Å². The quantitative estimate of drug-likeness (QED) is 0.779. The molecule has 88 valence electrons. The molecule has 0 saturated heterocycles. The lowest BCUT2D eigenvalue weighted by molar-refractivity contribution is 0.0600. The Morgan fingerprint density at radius 3 is 2.31 bits per heavy atom. The van der Waals surface area contributed by atoms with E-state index in [0.717, 1.165) is 6.42 Å². The van der Waals surface area contributed by atoms with Crippen LogP contribution in [0.4, 0.5) is 0 Å². The molecule has 16 heavy (non-hydrogen) atoms. The first-order chi connectivity index (χ1) is 7.60. The Kier molecular flexibility index (Phi) is 4.90. The van der Waals surface area contributed by atoms with E-state index in [1.54, 1.807) is 0 Å². The van der Waals surface area contributed by atoms with Crippen LogP contribution in [0.5, 0.6) is 5.75 Å². The minimum atomic E-state index is -0.481. The van der Waals surface area contributed by atoms with Crippen molar-refractivity contribution in [1.29, 1.82) is 0 Å². The Labute approximate surface area is 104 Å². The third-order valence-electron chi connectivity index (χ3n) is 1.87. The van der Waals surface area contributed by atoms with Crippen molar-refractivity contribution in [2.45, 2.75) is 13.3 Å². The SMILES string of the molecule is CCCOc1c(Cl)cc(C(=O)OC)cc1Cl. The van der Waals surface area contributed by atoms with E-state index >= 15 is 0 Å². The maximum atomic E-state index is 11.3. The molecule has 0 aliphatic heterocycles. The van der Waals surface area contributed by atoms with Crippen LogP contribution in [-0.2, 0) is 4.74 Å². The summed E-state index contributed by atoms with van der Waals surface area (Å²) in [7, 11) is 1.30. The molecule has 0 unspecified atom stereocenters. The van der Waals surface area contributed by atoms with Crippen LogP contribution >= 0.6 is 23.2 Å². The van der Waals surface area contributed by atoms with E-state index in [9.17, 15) is 4.79 Å². The third-order valence-corrected chi connectivity index (χ3v) is 2.43. The fourth-order valence-electron chi connectivity index (χ4n) is 1.14. The summed E-state index contributed by atoms with van der Waals surface area (Å²) in [6, 6.07) is 2.95. The second-order valence-corrected chi connectivity index (χ2v) is 3.92. The summed E-state index contributed by atoms with van der Waals surface area (Å²) < 4.78 is 9.94. The summed E-state index contributed by atoms with van der Waals surface area (Å²) >= 11 is 11.9. The summed E-state index contributed by atoms with van der Waals surface area (Å²) in [6.45, 7) is 2.50. The molecule has 0 bridgehead atoms. The monoisotopic (exact) mass is 262 g/mol. The predicted octanol–water partition coefficient (Wildman–Crippen LogP) is 3.57. The van der Waals surface area contributed by atoms with Crippen molar-refractivity contribution in [3.63, 3.8) is 0 Å². The number of rotatable bonds is 4. The van der Waals surface area contributed by atoms with Gasteiger partial charge in [-0.25, -0.2) is 4.79 Å². The lowest BCUT2D eigenvalue weighted by Gasteiger charge is -2.10. The Morgan fingerprint density at radius 1 is 1.31 bits per heavy atom. The molecule has 1 rings (SSSR count). The molecule has 1 aromatic carbocycles. The molecule has 0 radical (unpaired) electrons. The van der Waals surface area contributed by atoms with E-state index in [1.165, 1.54) is 19.2 Å². The molecule has 0 saturated carbocycles. The largest absolute Gasteiger partial charge is 0.490 e. The number of hydrogen-bond acceptors (Lipinski definition) is 3. The first-order valence-corrected chi connectivity index (χ1v) is 5.55. The Morgan fingerprint density at radius 2 is 1.88 bits per heavy atom. The summed E-state index contributed by atoms with van der Waals surface area (Å²) in [5.74, 6) is -0.0799. The van der Waals surface area contributed by atoms with Gasteiger partial charge in [0, 0.05) is 0 Å². The van der Waals surface area contributed by atoms with Gasteiger partial charge in [0.25, 0.3) is 0 Å². The summed E-state index contributed by atoms with van der Waals surface area (Å²) in [5, 5.41) is 0.614. The zero-order valence-electron chi connectivity index (χ0n) is 9.05. The summed E-state index contributed by atoms with van der Waals surface area (Å²) in [6.07, 6.45) is 0.853. The first kappa shape index (κ1) is 13.1. The van der Waals surface area contributed by atoms with Crippen LogP contribution in [0.1, 0.15) is 23.7 Å². The lowest BCUT2D eigenvalue weighted by atomic mass is 10.2. The number of esters is 1. The molecule has 0 N–H and O–H groups in total. The molecule has 0 aliphatic rings. The van der Waals surface area contributed by atoms with Crippen LogP contribution in [0.15, 0.2) is 12.1 Å². The fourth-order valence-corrected chi connectivity index (χ4v) is 1.73. The van der Waals surface area contributed by atoms with Gasteiger partial charge in [-0.2, -0.15) is 0 Å². The van der Waals surface area contributed by atoms with Crippen LogP contribution in [0.2, 0.25) is 10.0 Å². The van der Waals surface area contributed by atoms with Gasteiger partial charge in [0.2, 0.25) is 0 Å². The summed E-state index contributed by atoms with van der Waals surface area (Å²) in [5.41, 5.74) is 0.307. The number of halogens is 2. The highest BCUT2D eigenvalue weighted by Crippen LogP contribution is 2.34. The Balaban J connectivity index is 3.02. The average Bonchev–Trinajstić information content (AvgIpc) is 2.26. The second kappa shape index (κ2) is 5.97. The van der Waals surface area contributed by atoms with Gasteiger partial charge < -0.3 is 9.47 Å². The van der Waals surface area contributed by atoms with E-state index in [2.05, 4.69) is 4.74 Å². The van der Waals surface area contributed by atoms with Crippen molar-refractivity contribution in [1.82, 2.24) is 0 Å². The minimum Gasteiger partial charge on any atom is -0.490 e. The normalized spacial score (nSPS) is 10.0. The minimum absolute atomic E-state index is 0.307. The first-order valence-electron chi connectivity index (χ1n) is 4.80. The molecule has 0 amide bonds. The third kappa shape index (κ3) is 3.03. The maximum Gasteiger partial charge on any atom is 0.337 e. The molecule has 0 aliphatic carbocycles. The van der Waals surface area contributed by atoms with Crippen LogP contribution in [0.25, 0.3) is 0 Å². The molecule has 1 aromatic rings. The predicted molar refractivity (Wildman–Crippen MR) is 63.6 cm³/mol. The highest BCUT2D eigenvalue weighted by atomic mass is 35.5. The van der Waals surface area contributed by atoms with E-state index in [1.807, 2.05) is 6.92 Å². The smallest absolute Gasteiger partial charge is 0.337 e. The van der Waals surface area contributed by atoms with E-state index in [4.69, 9.17) is 27.9 Å². The number of carbonyl (C=O) groups is 1.